The standard InChI is InChI=1S/C15H19NO5/c1-5-16-9-12(15(18)21-4)14(17)11-7-6-10(19-2)8-13(11)20-3/h6-9,17H,5H2,1-4H3/b14-12-,16-9?. The first-order valence-corrected chi connectivity index (χ1v) is 6.32. The van der Waals surface area contributed by atoms with E-state index in [1.165, 1.54) is 27.5 Å². The molecule has 0 amide bonds. The van der Waals surface area contributed by atoms with Crippen molar-refractivity contribution in [2.45, 2.75) is 6.92 Å². The lowest BCUT2D eigenvalue weighted by atomic mass is 10.1. The van der Waals surface area contributed by atoms with Crippen LogP contribution in [-0.2, 0) is 9.53 Å². The highest BCUT2D eigenvalue weighted by atomic mass is 16.5. The van der Waals surface area contributed by atoms with Crippen LogP contribution in [0.5, 0.6) is 11.5 Å². The number of rotatable bonds is 6. The predicted octanol–water partition coefficient (Wildman–Crippen LogP) is 2.24. The zero-order chi connectivity index (χ0) is 15.8. The molecule has 0 spiro atoms. The number of aliphatic hydroxyl groups is 1. The number of hydrogen-bond donors (Lipinski definition) is 1. The van der Waals surface area contributed by atoms with Crippen molar-refractivity contribution in [2.75, 3.05) is 27.9 Å². The number of carbonyl (C=O) groups is 1. The van der Waals surface area contributed by atoms with Crippen LogP contribution < -0.4 is 9.47 Å². The van der Waals surface area contributed by atoms with Crippen molar-refractivity contribution < 1.29 is 24.1 Å². The van der Waals surface area contributed by atoms with Crippen LogP contribution in [0.15, 0.2) is 28.8 Å². The third kappa shape index (κ3) is 3.98. The van der Waals surface area contributed by atoms with Crippen LogP contribution in [0, 0.1) is 0 Å². The van der Waals surface area contributed by atoms with Crippen LogP contribution in [0.3, 0.4) is 0 Å². The maximum atomic E-state index is 11.8. The van der Waals surface area contributed by atoms with Gasteiger partial charge in [0, 0.05) is 18.8 Å². The van der Waals surface area contributed by atoms with Crippen molar-refractivity contribution in [3.8, 4) is 11.5 Å². The summed E-state index contributed by atoms with van der Waals surface area (Å²) in [7, 11) is 4.22. The van der Waals surface area contributed by atoms with Gasteiger partial charge in [0.1, 0.15) is 22.8 Å². The third-order valence-corrected chi connectivity index (χ3v) is 2.73. The second-order valence-electron chi connectivity index (χ2n) is 3.95. The molecule has 6 heteroatoms. The Kier molecular flexibility index (Phi) is 6.26. The minimum absolute atomic E-state index is 0.0391. The molecule has 0 aromatic heterocycles. The van der Waals surface area contributed by atoms with Gasteiger partial charge in [-0.25, -0.2) is 4.79 Å². The average Bonchev–Trinajstić information content (AvgIpc) is 2.53. The number of aliphatic imine (C=N–C) groups is 1. The highest BCUT2D eigenvalue weighted by Gasteiger charge is 2.18. The number of carbonyl (C=O) groups excluding carboxylic acids is 1. The molecule has 1 rings (SSSR count). The number of methoxy groups -OCH3 is 3. The molecule has 0 radical (unpaired) electrons. The van der Waals surface area contributed by atoms with Crippen molar-refractivity contribution in [1.82, 2.24) is 0 Å². The molecule has 0 heterocycles. The van der Waals surface area contributed by atoms with E-state index in [-0.39, 0.29) is 11.3 Å². The van der Waals surface area contributed by atoms with E-state index in [1.807, 2.05) is 6.92 Å². The van der Waals surface area contributed by atoms with Crippen molar-refractivity contribution in [3.63, 3.8) is 0 Å². The Morgan fingerprint density at radius 2 is 2.00 bits per heavy atom. The maximum Gasteiger partial charge on any atom is 0.343 e. The van der Waals surface area contributed by atoms with Gasteiger partial charge in [-0.15, -0.1) is 0 Å². The lowest BCUT2D eigenvalue weighted by Gasteiger charge is -2.11. The van der Waals surface area contributed by atoms with E-state index in [9.17, 15) is 9.90 Å². The first-order chi connectivity index (χ1) is 10.1. The van der Waals surface area contributed by atoms with Gasteiger partial charge in [0.05, 0.1) is 26.9 Å². The molecule has 0 saturated carbocycles. The molecule has 6 nitrogen and oxygen atoms in total. The summed E-state index contributed by atoms with van der Waals surface area (Å²) < 4.78 is 15.0. The van der Waals surface area contributed by atoms with Crippen molar-refractivity contribution in [2.24, 2.45) is 4.99 Å². The molecule has 0 aliphatic carbocycles. The summed E-state index contributed by atoms with van der Waals surface area (Å²) >= 11 is 0. The number of hydrogen-bond acceptors (Lipinski definition) is 6. The van der Waals surface area contributed by atoms with Gasteiger partial charge in [-0.2, -0.15) is 0 Å². The van der Waals surface area contributed by atoms with E-state index in [1.54, 1.807) is 18.2 Å². The van der Waals surface area contributed by atoms with E-state index in [0.29, 0.717) is 23.6 Å². The molecule has 1 aromatic carbocycles. The molecule has 0 bridgehead atoms. The van der Waals surface area contributed by atoms with Crippen LogP contribution in [0.2, 0.25) is 0 Å². The normalized spacial score (nSPS) is 12.0. The molecule has 0 aliphatic rings. The molecule has 0 unspecified atom stereocenters. The highest BCUT2D eigenvalue weighted by Crippen LogP contribution is 2.30. The van der Waals surface area contributed by atoms with E-state index in [0.717, 1.165) is 0 Å². The molecular weight excluding hydrogens is 274 g/mol. The van der Waals surface area contributed by atoms with Gasteiger partial charge in [0.25, 0.3) is 0 Å². The molecule has 0 aliphatic heterocycles. The minimum atomic E-state index is -0.678. The van der Waals surface area contributed by atoms with Gasteiger partial charge < -0.3 is 19.3 Å². The third-order valence-electron chi connectivity index (χ3n) is 2.73. The first-order valence-electron chi connectivity index (χ1n) is 6.32. The first kappa shape index (κ1) is 16.6. The Hall–Kier alpha value is -2.50. The molecule has 21 heavy (non-hydrogen) atoms. The SMILES string of the molecule is CCN=C/C(C(=O)OC)=C(/O)c1ccc(OC)cc1OC. The summed E-state index contributed by atoms with van der Waals surface area (Å²) in [6.07, 6.45) is 1.28. The summed E-state index contributed by atoms with van der Waals surface area (Å²) in [5.41, 5.74) is 0.309. The van der Waals surface area contributed by atoms with E-state index in [2.05, 4.69) is 9.73 Å². The molecule has 1 aromatic rings. The molecule has 0 saturated heterocycles. The maximum absolute atomic E-state index is 11.8. The van der Waals surface area contributed by atoms with E-state index < -0.39 is 5.97 Å². The van der Waals surface area contributed by atoms with Crippen LogP contribution >= 0.6 is 0 Å². The topological polar surface area (TPSA) is 77.4 Å². The van der Waals surface area contributed by atoms with Crippen LogP contribution in [0.1, 0.15) is 12.5 Å². The molecule has 0 fully saturated rings. The Labute approximate surface area is 123 Å². The van der Waals surface area contributed by atoms with Crippen LogP contribution in [0.4, 0.5) is 0 Å². The fourth-order valence-corrected chi connectivity index (χ4v) is 1.64. The number of aliphatic hydroxyl groups excluding tert-OH is 1. The smallest absolute Gasteiger partial charge is 0.343 e. The summed E-state index contributed by atoms with van der Waals surface area (Å²) in [6, 6.07) is 4.85. The summed E-state index contributed by atoms with van der Waals surface area (Å²) in [5, 5.41) is 10.4. The zero-order valence-electron chi connectivity index (χ0n) is 12.5. The van der Waals surface area contributed by atoms with Gasteiger partial charge in [0.2, 0.25) is 0 Å². The fourth-order valence-electron chi connectivity index (χ4n) is 1.64. The fraction of sp³-hybridized carbons (Fsp3) is 0.333. The largest absolute Gasteiger partial charge is 0.506 e. The van der Waals surface area contributed by atoms with Gasteiger partial charge >= 0.3 is 5.97 Å². The predicted molar refractivity (Wildman–Crippen MR) is 80.1 cm³/mol. The van der Waals surface area contributed by atoms with E-state index >= 15 is 0 Å². The van der Waals surface area contributed by atoms with Crippen LogP contribution in [0.25, 0.3) is 5.76 Å². The Bertz CT molecular complexity index is 563. The molecule has 0 atom stereocenters. The van der Waals surface area contributed by atoms with Crippen molar-refractivity contribution in [3.05, 3.63) is 29.3 Å². The molecule has 114 valence electrons. The number of ether oxygens (including phenoxy) is 3. The van der Waals surface area contributed by atoms with Crippen molar-refractivity contribution >= 4 is 17.9 Å². The summed E-state index contributed by atoms with van der Waals surface area (Å²) in [5.74, 6) is 0.00418. The van der Waals surface area contributed by atoms with Crippen molar-refractivity contribution in [1.29, 1.82) is 0 Å². The van der Waals surface area contributed by atoms with Gasteiger partial charge in [0.15, 0.2) is 0 Å². The van der Waals surface area contributed by atoms with Gasteiger partial charge in [-0.05, 0) is 19.1 Å². The van der Waals surface area contributed by atoms with E-state index in [4.69, 9.17) is 9.47 Å². The average molecular weight is 293 g/mol. The Morgan fingerprint density at radius 3 is 2.52 bits per heavy atom. The quantitative estimate of drug-likeness (QED) is 0.377. The number of benzene rings is 1. The van der Waals surface area contributed by atoms with Gasteiger partial charge in [-0.1, -0.05) is 0 Å². The van der Waals surface area contributed by atoms with Gasteiger partial charge in [-0.3, -0.25) is 4.99 Å². The second-order valence-corrected chi connectivity index (χ2v) is 3.95. The zero-order valence-corrected chi connectivity index (χ0v) is 12.5. The molecule has 1 N–H and O–H groups in total. The molecular formula is C15H19NO5. The summed E-state index contributed by atoms with van der Waals surface area (Å²) in [4.78, 5) is 15.7. The lowest BCUT2D eigenvalue weighted by molar-refractivity contribution is -0.135. The van der Waals surface area contributed by atoms with Crippen LogP contribution in [-0.4, -0.2) is 45.2 Å². The minimum Gasteiger partial charge on any atom is -0.506 e. The Morgan fingerprint density at radius 1 is 1.29 bits per heavy atom. The summed E-state index contributed by atoms with van der Waals surface area (Å²) in [6.45, 7) is 2.30. The lowest BCUT2D eigenvalue weighted by Crippen LogP contribution is -2.09. The number of nitrogens with zero attached hydrogens (tertiary/aromatic N) is 1. The monoisotopic (exact) mass is 293 g/mol. The number of esters is 1. The second kappa shape index (κ2) is 7.94. The highest BCUT2D eigenvalue weighted by molar-refractivity contribution is 6.15. The Balaban J connectivity index is 3.41.